The molecule has 3 aromatic rings. The highest BCUT2D eigenvalue weighted by Crippen LogP contribution is 2.32. The number of carbonyl (C=O) groups is 1. The van der Waals surface area contributed by atoms with Crippen LogP contribution in [0.2, 0.25) is 0 Å². The number of nitrogens with one attached hydrogen (secondary N) is 2. The largest absolute Gasteiger partial charge is 0.432 e. The van der Waals surface area contributed by atoms with Gasteiger partial charge in [-0.3, -0.25) is 9.89 Å². The number of rotatable bonds is 6. The van der Waals surface area contributed by atoms with Gasteiger partial charge in [0.05, 0.1) is 17.6 Å². The number of nitrogens with zero attached hydrogens (tertiary/aromatic N) is 4. The van der Waals surface area contributed by atoms with Crippen molar-refractivity contribution in [3.63, 3.8) is 0 Å². The van der Waals surface area contributed by atoms with Gasteiger partial charge >= 0.3 is 6.18 Å². The third-order valence-electron chi connectivity index (χ3n) is 5.78. The van der Waals surface area contributed by atoms with Crippen LogP contribution >= 0.6 is 0 Å². The fraction of sp³-hybridized carbons (Fsp3) is 0.409. The molecule has 3 heterocycles. The Morgan fingerprint density at radius 2 is 2.03 bits per heavy atom. The molecule has 170 valence electrons. The van der Waals surface area contributed by atoms with Crippen molar-refractivity contribution in [3.8, 4) is 5.69 Å². The van der Waals surface area contributed by atoms with Crippen molar-refractivity contribution in [1.82, 2.24) is 30.2 Å². The van der Waals surface area contributed by atoms with Crippen molar-refractivity contribution in [2.45, 2.75) is 44.9 Å². The van der Waals surface area contributed by atoms with Crippen LogP contribution in [0.4, 0.5) is 13.2 Å². The van der Waals surface area contributed by atoms with Crippen LogP contribution in [0.5, 0.6) is 0 Å². The molecular formula is C22H25F3N6O. The highest BCUT2D eigenvalue weighted by atomic mass is 19.4. The summed E-state index contributed by atoms with van der Waals surface area (Å²) in [5.41, 5.74) is 1.41. The van der Waals surface area contributed by atoms with E-state index in [0.717, 1.165) is 36.5 Å². The van der Waals surface area contributed by atoms with Gasteiger partial charge in [0, 0.05) is 36.7 Å². The second-order valence-corrected chi connectivity index (χ2v) is 8.22. The van der Waals surface area contributed by atoms with Crippen LogP contribution in [-0.4, -0.2) is 49.9 Å². The standard InChI is InChI=1S/C22H25F3N6O/c1-14(2)30-9-8-15(13-30)20-16(12-27-31(20)17-6-4-3-5-7-17)11-26-21(32)18-10-19(29-28-18)22(23,24)25/h3-7,10,12,14-15H,8-9,11,13H2,1-2H3,(H,26,32)(H,28,29). The first-order valence-electron chi connectivity index (χ1n) is 10.5. The first-order valence-corrected chi connectivity index (χ1v) is 10.5. The van der Waals surface area contributed by atoms with Crippen LogP contribution in [0.1, 0.15) is 53.6 Å². The van der Waals surface area contributed by atoms with E-state index in [1.54, 1.807) is 6.20 Å². The molecule has 0 saturated carbocycles. The zero-order valence-electron chi connectivity index (χ0n) is 17.9. The lowest BCUT2D eigenvalue weighted by Gasteiger charge is -2.21. The number of aromatic nitrogens is 4. The van der Waals surface area contributed by atoms with Crippen LogP contribution in [-0.2, 0) is 12.7 Å². The van der Waals surface area contributed by atoms with Crippen LogP contribution in [0.3, 0.4) is 0 Å². The van der Waals surface area contributed by atoms with Crippen molar-refractivity contribution >= 4 is 5.91 Å². The van der Waals surface area contributed by atoms with E-state index >= 15 is 0 Å². The van der Waals surface area contributed by atoms with Gasteiger partial charge in [-0.2, -0.15) is 23.4 Å². The second kappa shape index (κ2) is 8.78. The van der Waals surface area contributed by atoms with Gasteiger partial charge in [-0.25, -0.2) is 4.68 Å². The van der Waals surface area contributed by atoms with Gasteiger partial charge < -0.3 is 10.2 Å². The Morgan fingerprint density at radius 1 is 1.28 bits per heavy atom. The minimum Gasteiger partial charge on any atom is -0.346 e. The quantitative estimate of drug-likeness (QED) is 0.605. The Bertz CT molecular complexity index is 1070. The van der Waals surface area contributed by atoms with Gasteiger partial charge in [0.2, 0.25) is 0 Å². The average Bonchev–Trinajstić information content (AvgIpc) is 3.51. The number of H-pyrrole nitrogens is 1. The second-order valence-electron chi connectivity index (χ2n) is 8.22. The Hall–Kier alpha value is -3.14. The summed E-state index contributed by atoms with van der Waals surface area (Å²) in [7, 11) is 0. The Labute approximate surface area is 183 Å². The molecule has 0 radical (unpaired) electrons. The summed E-state index contributed by atoms with van der Waals surface area (Å²) in [5, 5.41) is 12.6. The number of hydrogen-bond donors (Lipinski definition) is 2. The van der Waals surface area contributed by atoms with E-state index in [9.17, 15) is 18.0 Å². The third-order valence-corrected chi connectivity index (χ3v) is 5.78. The SMILES string of the molecule is CC(C)N1CCC(c2c(CNC(=O)c3cc(C(F)(F)F)[nH]n3)cnn2-c2ccccc2)C1. The highest BCUT2D eigenvalue weighted by molar-refractivity contribution is 5.92. The van der Waals surface area contributed by atoms with Gasteiger partial charge in [0.15, 0.2) is 5.69 Å². The molecule has 0 bridgehead atoms. The van der Waals surface area contributed by atoms with E-state index in [1.807, 2.05) is 40.1 Å². The molecule has 1 saturated heterocycles. The summed E-state index contributed by atoms with van der Waals surface area (Å²) in [5.74, 6) is -0.445. The Morgan fingerprint density at radius 3 is 2.66 bits per heavy atom. The van der Waals surface area contributed by atoms with Gasteiger partial charge in [-0.05, 0) is 38.9 Å². The number of para-hydroxylation sites is 1. The lowest BCUT2D eigenvalue weighted by molar-refractivity contribution is -0.141. The molecule has 0 spiro atoms. The van der Waals surface area contributed by atoms with E-state index in [4.69, 9.17) is 0 Å². The minimum atomic E-state index is -4.58. The van der Waals surface area contributed by atoms with E-state index in [1.165, 1.54) is 0 Å². The summed E-state index contributed by atoms with van der Waals surface area (Å²) < 4.78 is 40.2. The number of amides is 1. The van der Waals surface area contributed by atoms with E-state index in [-0.39, 0.29) is 18.2 Å². The van der Waals surface area contributed by atoms with Crippen LogP contribution in [0.25, 0.3) is 5.69 Å². The Balaban J connectivity index is 1.56. The van der Waals surface area contributed by atoms with Crippen LogP contribution in [0.15, 0.2) is 42.6 Å². The van der Waals surface area contributed by atoms with Gasteiger partial charge in [0.1, 0.15) is 5.69 Å². The molecule has 10 heteroatoms. The molecule has 4 rings (SSSR count). The van der Waals surface area contributed by atoms with Crippen molar-refractivity contribution in [3.05, 3.63) is 65.2 Å². The number of benzene rings is 1. The van der Waals surface area contributed by atoms with Crippen molar-refractivity contribution in [2.75, 3.05) is 13.1 Å². The average molecular weight is 446 g/mol. The van der Waals surface area contributed by atoms with Crippen molar-refractivity contribution < 1.29 is 18.0 Å². The minimum absolute atomic E-state index is 0.146. The maximum absolute atomic E-state index is 12.8. The normalized spacial score (nSPS) is 17.2. The predicted molar refractivity (Wildman–Crippen MR) is 112 cm³/mol. The molecule has 0 aliphatic carbocycles. The molecule has 1 aromatic carbocycles. The third kappa shape index (κ3) is 4.55. The van der Waals surface area contributed by atoms with Crippen LogP contribution < -0.4 is 5.32 Å². The van der Waals surface area contributed by atoms with Crippen molar-refractivity contribution in [1.29, 1.82) is 0 Å². The molecular weight excluding hydrogens is 421 g/mol. The molecule has 2 aromatic heterocycles. The van der Waals surface area contributed by atoms with Gasteiger partial charge in [0.25, 0.3) is 5.91 Å². The lowest BCUT2D eigenvalue weighted by atomic mass is 10.00. The maximum Gasteiger partial charge on any atom is 0.432 e. The molecule has 1 amide bonds. The first kappa shape index (κ1) is 22.1. The zero-order chi connectivity index (χ0) is 22.9. The molecule has 1 aliphatic heterocycles. The van der Waals surface area contributed by atoms with E-state index in [0.29, 0.717) is 12.1 Å². The highest BCUT2D eigenvalue weighted by Gasteiger charge is 2.34. The van der Waals surface area contributed by atoms with E-state index < -0.39 is 17.8 Å². The van der Waals surface area contributed by atoms with Gasteiger partial charge in [-0.15, -0.1) is 0 Å². The lowest BCUT2D eigenvalue weighted by Crippen LogP contribution is -2.28. The van der Waals surface area contributed by atoms with Gasteiger partial charge in [-0.1, -0.05) is 18.2 Å². The number of likely N-dealkylation sites (tertiary alicyclic amines) is 1. The molecule has 1 fully saturated rings. The molecule has 1 unspecified atom stereocenters. The molecule has 1 atom stereocenters. The smallest absolute Gasteiger partial charge is 0.346 e. The number of aromatic amines is 1. The van der Waals surface area contributed by atoms with E-state index in [2.05, 4.69) is 34.3 Å². The number of alkyl halides is 3. The summed E-state index contributed by atoms with van der Waals surface area (Å²) in [6, 6.07) is 10.9. The van der Waals surface area contributed by atoms with Crippen molar-refractivity contribution in [2.24, 2.45) is 0 Å². The molecule has 1 aliphatic rings. The number of halogens is 3. The summed E-state index contributed by atoms with van der Waals surface area (Å²) in [6.45, 7) is 6.33. The molecule has 2 N–H and O–H groups in total. The first-order chi connectivity index (χ1) is 15.2. The Kier molecular flexibility index (Phi) is 6.05. The fourth-order valence-electron chi connectivity index (χ4n) is 4.07. The maximum atomic E-state index is 12.8. The summed E-state index contributed by atoms with van der Waals surface area (Å²) in [4.78, 5) is 14.8. The summed E-state index contributed by atoms with van der Waals surface area (Å²) >= 11 is 0. The number of carbonyl (C=O) groups excluding carboxylic acids is 1. The fourth-order valence-corrected chi connectivity index (χ4v) is 4.07. The monoisotopic (exact) mass is 446 g/mol. The predicted octanol–water partition coefficient (Wildman–Crippen LogP) is 3.74. The zero-order valence-corrected chi connectivity index (χ0v) is 17.9. The molecule has 32 heavy (non-hydrogen) atoms. The summed E-state index contributed by atoms with van der Waals surface area (Å²) in [6.07, 6.45) is -1.90. The topological polar surface area (TPSA) is 78.8 Å². The molecule has 7 nitrogen and oxygen atoms in total. The van der Waals surface area contributed by atoms with Crippen LogP contribution in [0, 0.1) is 0 Å². The number of hydrogen-bond acceptors (Lipinski definition) is 4.